The van der Waals surface area contributed by atoms with Crippen molar-refractivity contribution in [2.45, 2.75) is 45.4 Å². The lowest BCUT2D eigenvalue weighted by Gasteiger charge is -2.31. The summed E-state index contributed by atoms with van der Waals surface area (Å²) in [6.07, 6.45) is 4.63. The van der Waals surface area contributed by atoms with Crippen molar-refractivity contribution in [3.63, 3.8) is 0 Å². The highest BCUT2D eigenvalue weighted by Crippen LogP contribution is 2.25. The van der Waals surface area contributed by atoms with E-state index in [4.69, 9.17) is 0 Å². The van der Waals surface area contributed by atoms with Crippen LogP contribution in [-0.2, 0) is 16.0 Å². The first-order valence-corrected chi connectivity index (χ1v) is 9.58. The number of benzene rings is 1. The molecule has 0 aliphatic carbocycles. The molecule has 26 heavy (non-hydrogen) atoms. The summed E-state index contributed by atoms with van der Waals surface area (Å²) in [6.45, 7) is 4.06. The third-order valence-electron chi connectivity index (χ3n) is 5.23. The molecule has 6 nitrogen and oxygen atoms in total. The zero-order valence-corrected chi connectivity index (χ0v) is 15.3. The van der Waals surface area contributed by atoms with E-state index in [1.54, 1.807) is 6.07 Å². The van der Waals surface area contributed by atoms with Crippen LogP contribution in [0.4, 0.5) is 5.69 Å². The Bertz CT molecular complexity index is 694. The van der Waals surface area contributed by atoms with E-state index < -0.39 is 0 Å². The lowest BCUT2D eigenvalue weighted by Crippen LogP contribution is -2.43. The maximum absolute atomic E-state index is 12.8. The van der Waals surface area contributed by atoms with Crippen LogP contribution in [0.2, 0.25) is 0 Å². The van der Waals surface area contributed by atoms with E-state index in [9.17, 15) is 14.4 Å². The average molecular weight is 357 g/mol. The standard InChI is InChI=1S/C20H27N3O3/c1-2-3-10-21-19(25)14-8-11-23(12-9-14)20(26)16-4-6-17-15(13-16)5-7-18(24)22-17/h4,6,13-14H,2-3,5,7-12H2,1H3,(H,21,25)(H,22,24). The zero-order chi connectivity index (χ0) is 18.5. The molecule has 0 atom stereocenters. The first kappa shape index (κ1) is 18.4. The molecule has 0 spiro atoms. The van der Waals surface area contributed by atoms with Crippen LogP contribution in [0.15, 0.2) is 18.2 Å². The van der Waals surface area contributed by atoms with Crippen LogP contribution in [0, 0.1) is 5.92 Å². The van der Waals surface area contributed by atoms with Crippen molar-refractivity contribution < 1.29 is 14.4 Å². The number of likely N-dealkylation sites (tertiary alicyclic amines) is 1. The number of nitrogens with zero attached hydrogens (tertiary/aromatic N) is 1. The smallest absolute Gasteiger partial charge is 0.253 e. The summed E-state index contributed by atoms with van der Waals surface area (Å²) >= 11 is 0. The Morgan fingerprint density at radius 1 is 1.23 bits per heavy atom. The molecule has 3 amide bonds. The number of unbranched alkanes of at least 4 members (excludes halogenated alkanes) is 1. The van der Waals surface area contributed by atoms with Crippen LogP contribution in [0.3, 0.4) is 0 Å². The van der Waals surface area contributed by atoms with Gasteiger partial charge in [0.2, 0.25) is 11.8 Å². The minimum absolute atomic E-state index is 0.00883. The highest BCUT2D eigenvalue weighted by Gasteiger charge is 2.28. The van der Waals surface area contributed by atoms with Crippen LogP contribution < -0.4 is 10.6 Å². The van der Waals surface area contributed by atoms with Crippen molar-refractivity contribution in [1.82, 2.24) is 10.2 Å². The Hall–Kier alpha value is -2.37. The molecule has 1 saturated heterocycles. The Kier molecular flexibility index (Phi) is 5.91. The number of hydrogen-bond acceptors (Lipinski definition) is 3. The minimum Gasteiger partial charge on any atom is -0.356 e. The Morgan fingerprint density at radius 3 is 2.73 bits per heavy atom. The van der Waals surface area contributed by atoms with E-state index in [2.05, 4.69) is 17.6 Å². The van der Waals surface area contributed by atoms with Crippen molar-refractivity contribution in [2.24, 2.45) is 5.92 Å². The van der Waals surface area contributed by atoms with Crippen molar-refractivity contribution in [3.05, 3.63) is 29.3 Å². The van der Waals surface area contributed by atoms with Crippen LogP contribution in [0.25, 0.3) is 0 Å². The van der Waals surface area contributed by atoms with Gasteiger partial charge in [-0.2, -0.15) is 0 Å². The summed E-state index contributed by atoms with van der Waals surface area (Å²) in [6, 6.07) is 5.48. The number of amides is 3. The molecular formula is C20H27N3O3. The van der Waals surface area contributed by atoms with Crippen molar-refractivity contribution >= 4 is 23.4 Å². The summed E-state index contributed by atoms with van der Waals surface area (Å²) in [5.41, 5.74) is 2.48. The van der Waals surface area contributed by atoms with Gasteiger partial charge in [-0.05, 0) is 49.4 Å². The van der Waals surface area contributed by atoms with Crippen LogP contribution >= 0.6 is 0 Å². The van der Waals surface area contributed by atoms with Gasteiger partial charge in [0.15, 0.2) is 0 Å². The van der Waals surface area contributed by atoms with Gasteiger partial charge in [0.25, 0.3) is 5.91 Å². The predicted octanol–water partition coefficient (Wildman–Crippen LogP) is 2.34. The molecule has 0 aromatic heterocycles. The average Bonchev–Trinajstić information content (AvgIpc) is 2.67. The molecule has 0 saturated carbocycles. The van der Waals surface area contributed by atoms with Gasteiger partial charge in [0.05, 0.1) is 0 Å². The molecule has 0 radical (unpaired) electrons. The fourth-order valence-corrected chi connectivity index (χ4v) is 3.58. The van der Waals surface area contributed by atoms with Crippen LogP contribution in [0.5, 0.6) is 0 Å². The number of nitrogens with one attached hydrogen (secondary N) is 2. The van der Waals surface area contributed by atoms with Crippen molar-refractivity contribution in [3.8, 4) is 0 Å². The van der Waals surface area contributed by atoms with Gasteiger partial charge < -0.3 is 15.5 Å². The Balaban J connectivity index is 1.55. The van der Waals surface area contributed by atoms with Gasteiger partial charge >= 0.3 is 0 Å². The summed E-state index contributed by atoms with van der Waals surface area (Å²) < 4.78 is 0. The van der Waals surface area contributed by atoms with E-state index in [0.29, 0.717) is 44.3 Å². The molecule has 2 aliphatic heterocycles. The third-order valence-corrected chi connectivity index (χ3v) is 5.23. The normalized spacial score (nSPS) is 17.4. The van der Waals surface area contributed by atoms with E-state index in [1.165, 1.54) is 0 Å². The lowest BCUT2D eigenvalue weighted by atomic mass is 9.94. The number of anilines is 1. The molecule has 1 aromatic rings. The van der Waals surface area contributed by atoms with E-state index in [-0.39, 0.29) is 23.6 Å². The minimum atomic E-state index is 0.00883. The topological polar surface area (TPSA) is 78.5 Å². The van der Waals surface area contributed by atoms with E-state index >= 15 is 0 Å². The van der Waals surface area contributed by atoms with Crippen LogP contribution in [-0.4, -0.2) is 42.3 Å². The number of carbonyl (C=O) groups excluding carboxylic acids is 3. The fraction of sp³-hybridized carbons (Fsp3) is 0.550. The van der Waals surface area contributed by atoms with Crippen molar-refractivity contribution in [1.29, 1.82) is 0 Å². The molecule has 1 fully saturated rings. The van der Waals surface area contributed by atoms with Gasteiger partial charge in [-0.15, -0.1) is 0 Å². The van der Waals surface area contributed by atoms with Crippen LogP contribution in [0.1, 0.15) is 54.9 Å². The van der Waals surface area contributed by atoms with Gasteiger partial charge in [0, 0.05) is 43.2 Å². The second-order valence-electron chi connectivity index (χ2n) is 7.13. The van der Waals surface area contributed by atoms with Gasteiger partial charge in [-0.3, -0.25) is 14.4 Å². The highest BCUT2D eigenvalue weighted by molar-refractivity contribution is 5.98. The Morgan fingerprint density at radius 2 is 2.00 bits per heavy atom. The molecule has 6 heteroatoms. The zero-order valence-electron chi connectivity index (χ0n) is 15.3. The molecule has 1 aromatic carbocycles. The largest absolute Gasteiger partial charge is 0.356 e. The van der Waals surface area contributed by atoms with Gasteiger partial charge in [-0.25, -0.2) is 0 Å². The van der Waals surface area contributed by atoms with E-state index in [1.807, 2.05) is 17.0 Å². The monoisotopic (exact) mass is 357 g/mol. The number of rotatable bonds is 5. The number of carbonyl (C=O) groups is 3. The van der Waals surface area contributed by atoms with E-state index in [0.717, 1.165) is 30.6 Å². The molecule has 2 aliphatic rings. The second kappa shape index (κ2) is 8.34. The highest BCUT2D eigenvalue weighted by atomic mass is 16.2. The summed E-state index contributed by atoms with van der Waals surface area (Å²) in [4.78, 5) is 38.2. The second-order valence-corrected chi connectivity index (χ2v) is 7.13. The summed E-state index contributed by atoms with van der Waals surface area (Å²) in [7, 11) is 0. The molecule has 140 valence electrons. The lowest BCUT2D eigenvalue weighted by molar-refractivity contribution is -0.126. The number of aryl methyl sites for hydroxylation is 1. The first-order chi connectivity index (χ1) is 12.6. The maximum atomic E-state index is 12.8. The molecule has 2 N–H and O–H groups in total. The quantitative estimate of drug-likeness (QED) is 0.794. The molecule has 0 bridgehead atoms. The fourth-order valence-electron chi connectivity index (χ4n) is 3.58. The SMILES string of the molecule is CCCCNC(=O)C1CCN(C(=O)c2ccc3c(c2)CCC(=O)N3)CC1. The van der Waals surface area contributed by atoms with Gasteiger partial charge in [-0.1, -0.05) is 13.3 Å². The molecule has 0 unspecified atom stereocenters. The van der Waals surface area contributed by atoms with Gasteiger partial charge in [0.1, 0.15) is 0 Å². The molecule has 2 heterocycles. The predicted molar refractivity (Wildman–Crippen MR) is 99.9 cm³/mol. The number of fused-ring (bicyclic) bond motifs is 1. The molecular weight excluding hydrogens is 330 g/mol. The first-order valence-electron chi connectivity index (χ1n) is 9.58. The summed E-state index contributed by atoms with van der Waals surface area (Å²) in [5.74, 6) is 0.162. The number of hydrogen-bond donors (Lipinski definition) is 2. The third kappa shape index (κ3) is 4.23. The Labute approximate surface area is 154 Å². The summed E-state index contributed by atoms with van der Waals surface area (Å²) in [5, 5.41) is 5.83. The van der Waals surface area contributed by atoms with Crippen molar-refractivity contribution in [2.75, 3.05) is 25.0 Å². The molecule has 3 rings (SSSR count). The number of piperidine rings is 1. The maximum Gasteiger partial charge on any atom is 0.253 e.